The number of alkyl halides is 1. The Bertz CT molecular complexity index is 580. The van der Waals surface area contributed by atoms with Crippen LogP contribution in [-0.2, 0) is 11.2 Å². The molecule has 1 atom stereocenters. The number of amides is 1. The molecule has 18 heavy (non-hydrogen) atoms. The Kier molecular flexibility index (Phi) is 2.96. The molecule has 2 aromatic rings. The zero-order valence-corrected chi connectivity index (χ0v) is 10.7. The van der Waals surface area contributed by atoms with Gasteiger partial charge < -0.3 is 9.30 Å². The summed E-state index contributed by atoms with van der Waals surface area (Å²) in [5, 5.41) is -0.0281. The summed E-state index contributed by atoms with van der Waals surface area (Å²) in [4.78, 5) is 17.8. The lowest BCUT2D eigenvalue weighted by atomic mass is 10.3. The second-order valence-corrected chi connectivity index (χ2v) is 5.19. The number of aromatic nitrogens is 2. The van der Waals surface area contributed by atoms with Crippen LogP contribution in [0.1, 0.15) is 12.1 Å². The van der Waals surface area contributed by atoms with Gasteiger partial charge in [-0.15, -0.1) is 11.6 Å². The molecule has 1 amide bonds. The summed E-state index contributed by atoms with van der Waals surface area (Å²) in [6, 6.07) is 5.92. The van der Waals surface area contributed by atoms with Crippen LogP contribution in [0.5, 0.6) is 0 Å². The van der Waals surface area contributed by atoms with Gasteiger partial charge in [0.25, 0.3) is 0 Å². The molecule has 0 aliphatic carbocycles. The largest absolute Gasteiger partial charge is 0.341 e. The van der Waals surface area contributed by atoms with E-state index in [0.717, 1.165) is 17.8 Å². The summed E-state index contributed by atoms with van der Waals surface area (Å²) in [6.07, 6.45) is 5.14. The van der Waals surface area contributed by atoms with Crippen LogP contribution < -0.4 is 0 Å². The first-order valence-corrected chi connectivity index (χ1v) is 6.50. The summed E-state index contributed by atoms with van der Waals surface area (Å²) in [5.41, 5.74) is 2.06. The van der Waals surface area contributed by atoms with Gasteiger partial charge in [0, 0.05) is 44.0 Å². The maximum atomic E-state index is 11.6. The average molecular weight is 264 g/mol. The lowest BCUT2D eigenvalue weighted by Gasteiger charge is -2.15. The Hall–Kier alpha value is -1.55. The molecule has 0 bridgehead atoms. The summed E-state index contributed by atoms with van der Waals surface area (Å²) >= 11 is 5.98. The van der Waals surface area contributed by atoms with Crippen molar-refractivity contribution in [2.45, 2.75) is 18.2 Å². The van der Waals surface area contributed by atoms with Crippen LogP contribution in [0.25, 0.3) is 5.65 Å². The molecule has 4 nitrogen and oxygen atoms in total. The highest BCUT2D eigenvalue weighted by atomic mass is 35.5. The van der Waals surface area contributed by atoms with Crippen LogP contribution in [0, 0.1) is 0 Å². The topological polar surface area (TPSA) is 37.6 Å². The van der Waals surface area contributed by atoms with Gasteiger partial charge in [-0.2, -0.15) is 0 Å². The number of hydrogen-bond donors (Lipinski definition) is 0. The normalized spacial score (nSPS) is 19.9. The fourth-order valence-corrected chi connectivity index (χ4v) is 2.66. The van der Waals surface area contributed by atoms with E-state index in [1.165, 1.54) is 0 Å². The van der Waals surface area contributed by atoms with E-state index in [1.54, 1.807) is 0 Å². The van der Waals surface area contributed by atoms with Gasteiger partial charge in [0.05, 0.1) is 5.38 Å². The summed E-state index contributed by atoms with van der Waals surface area (Å²) in [7, 11) is 0. The molecule has 3 rings (SSSR count). The second kappa shape index (κ2) is 4.61. The van der Waals surface area contributed by atoms with Crippen molar-refractivity contribution in [2.24, 2.45) is 0 Å². The van der Waals surface area contributed by atoms with Gasteiger partial charge in [0.1, 0.15) is 5.65 Å². The van der Waals surface area contributed by atoms with Crippen LogP contribution in [0.2, 0.25) is 0 Å². The Morgan fingerprint density at radius 1 is 1.44 bits per heavy atom. The molecule has 1 aliphatic rings. The van der Waals surface area contributed by atoms with E-state index in [0.29, 0.717) is 19.5 Å². The minimum Gasteiger partial charge on any atom is -0.341 e. The predicted molar refractivity (Wildman–Crippen MR) is 69.7 cm³/mol. The van der Waals surface area contributed by atoms with E-state index in [9.17, 15) is 4.79 Å². The highest BCUT2D eigenvalue weighted by molar-refractivity contribution is 6.22. The summed E-state index contributed by atoms with van der Waals surface area (Å²) in [6.45, 7) is 1.38. The van der Waals surface area contributed by atoms with E-state index in [2.05, 4.69) is 9.38 Å². The molecular weight excluding hydrogens is 250 g/mol. The molecule has 3 heterocycles. The highest BCUT2D eigenvalue weighted by Gasteiger charge is 2.27. The van der Waals surface area contributed by atoms with Crippen LogP contribution >= 0.6 is 11.6 Å². The van der Waals surface area contributed by atoms with Crippen molar-refractivity contribution >= 4 is 23.2 Å². The second-order valence-electron chi connectivity index (χ2n) is 4.57. The Labute approximate surface area is 110 Å². The molecule has 1 unspecified atom stereocenters. The SMILES string of the molecule is O=C1CC(Cl)CN1CCc1cnc2ccccn12. The maximum Gasteiger partial charge on any atom is 0.224 e. The van der Waals surface area contributed by atoms with Crippen LogP contribution in [0.15, 0.2) is 30.6 Å². The van der Waals surface area contributed by atoms with Gasteiger partial charge in [-0.1, -0.05) is 6.07 Å². The Morgan fingerprint density at radius 2 is 2.33 bits per heavy atom. The number of halogens is 1. The first-order chi connectivity index (χ1) is 8.74. The van der Waals surface area contributed by atoms with Gasteiger partial charge in [-0.05, 0) is 12.1 Å². The molecule has 0 radical (unpaired) electrons. The number of likely N-dealkylation sites (tertiary alicyclic amines) is 1. The zero-order chi connectivity index (χ0) is 12.5. The third-order valence-corrected chi connectivity index (χ3v) is 3.59. The fraction of sp³-hybridized carbons (Fsp3) is 0.385. The number of pyridine rings is 1. The first-order valence-electron chi connectivity index (χ1n) is 6.07. The number of fused-ring (bicyclic) bond motifs is 1. The third-order valence-electron chi connectivity index (χ3n) is 3.30. The van der Waals surface area contributed by atoms with E-state index >= 15 is 0 Å². The van der Waals surface area contributed by atoms with Crippen molar-refractivity contribution in [3.63, 3.8) is 0 Å². The zero-order valence-electron chi connectivity index (χ0n) is 9.92. The van der Waals surface area contributed by atoms with Crippen molar-refractivity contribution in [1.29, 1.82) is 0 Å². The number of rotatable bonds is 3. The number of imidazole rings is 1. The summed E-state index contributed by atoms with van der Waals surface area (Å²) in [5.74, 6) is 0.156. The monoisotopic (exact) mass is 263 g/mol. The van der Waals surface area contributed by atoms with Gasteiger partial charge in [0.2, 0.25) is 5.91 Å². The number of carbonyl (C=O) groups excluding carboxylic acids is 1. The molecular formula is C13H14ClN3O. The van der Waals surface area contributed by atoms with Crippen molar-refractivity contribution in [1.82, 2.24) is 14.3 Å². The van der Waals surface area contributed by atoms with Crippen molar-refractivity contribution in [3.05, 3.63) is 36.3 Å². The van der Waals surface area contributed by atoms with E-state index in [4.69, 9.17) is 11.6 Å². The van der Waals surface area contributed by atoms with Crippen molar-refractivity contribution in [2.75, 3.05) is 13.1 Å². The van der Waals surface area contributed by atoms with Crippen LogP contribution in [0.4, 0.5) is 0 Å². The lowest BCUT2D eigenvalue weighted by molar-refractivity contribution is -0.127. The quantitative estimate of drug-likeness (QED) is 0.791. The molecule has 0 spiro atoms. The third kappa shape index (κ3) is 2.08. The lowest BCUT2D eigenvalue weighted by Crippen LogP contribution is -2.27. The molecule has 0 saturated carbocycles. The van der Waals surface area contributed by atoms with E-state index < -0.39 is 0 Å². The molecule has 2 aromatic heterocycles. The highest BCUT2D eigenvalue weighted by Crippen LogP contribution is 2.17. The van der Waals surface area contributed by atoms with Crippen LogP contribution in [-0.4, -0.2) is 38.7 Å². The fourth-order valence-electron chi connectivity index (χ4n) is 2.36. The molecule has 0 aromatic carbocycles. The van der Waals surface area contributed by atoms with Gasteiger partial charge in [0.15, 0.2) is 0 Å². The average Bonchev–Trinajstić information content (AvgIpc) is 2.90. The van der Waals surface area contributed by atoms with E-state index in [-0.39, 0.29) is 11.3 Å². The number of hydrogen-bond acceptors (Lipinski definition) is 2. The molecule has 0 N–H and O–H groups in total. The van der Waals surface area contributed by atoms with Gasteiger partial charge >= 0.3 is 0 Å². The minimum atomic E-state index is -0.0281. The number of nitrogens with zero attached hydrogens (tertiary/aromatic N) is 3. The molecule has 1 saturated heterocycles. The number of carbonyl (C=O) groups is 1. The van der Waals surface area contributed by atoms with Crippen molar-refractivity contribution < 1.29 is 4.79 Å². The van der Waals surface area contributed by atoms with Gasteiger partial charge in [-0.3, -0.25) is 4.79 Å². The maximum absolute atomic E-state index is 11.6. The smallest absolute Gasteiger partial charge is 0.224 e. The Balaban J connectivity index is 1.72. The predicted octanol–water partition coefficient (Wildman–Crippen LogP) is 1.72. The molecule has 1 fully saturated rings. The molecule has 5 heteroatoms. The molecule has 94 valence electrons. The first kappa shape index (κ1) is 11.5. The van der Waals surface area contributed by atoms with Crippen molar-refractivity contribution in [3.8, 4) is 0 Å². The summed E-state index contributed by atoms with van der Waals surface area (Å²) < 4.78 is 2.05. The van der Waals surface area contributed by atoms with Crippen LogP contribution in [0.3, 0.4) is 0 Å². The minimum absolute atomic E-state index is 0.0281. The molecule has 1 aliphatic heterocycles. The Morgan fingerprint density at radius 3 is 3.11 bits per heavy atom. The van der Waals surface area contributed by atoms with Gasteiger partial charge in [-0.25, -0.2) is 4.98 Å². The standard InChI is InChI=1S/C13H14ClN3O/c14-10-7-13(18)16(9-10)6-4-11-8-15-12-3-1-2-5-17(11)12/h1-3,5,8,10H,4,6-7,9H2. The van der Waals surface area contributed by atoms with E-state index in [1.807, 2.05) is 35.5 Å².